The lowest BCUT2D eigenvalue weighted by Crippen LogP contribution is -2.29. The number of nitrogens with zero attached hydrogens (tertiary/aromatic N) is 4. The predicted octanol–water partition coefficient (Wildman–Crippen LogP) is 4.66. The summed E-state index contributed by atoms with van der Waals surface area (Å²) in [7, 11) is 0. The Kier molecular flexibility index (Phi) is 4.30. The van der Waals surface area contributed by atoms with Gasteiger partial charge in [-0.25, -0.2) is 4.98 Å². The van der Waals surface area contributed by atoms with Crippen LogP contribution in [0.25, 0.3) is 28.2 Å². The molecule has 13 heteroatoms. The SMILES string of the molecule is Cc1nc2c(-c3ccccc3)c(C(F)(F)F)[nH]n2c(=O)c1-c1nnc(C2(C(F)(F)F)CC2)o1. The molecule has 0 unspecified atom stereocenters. The lowest BCUT2D eigenvalue weighted by Gasteiger charge is -2.14. The van der Waals surface area contributed by atoms with Gasteiger partial charge in [0, 0.05) is 0 Å². The summed E-state index contributed by atoms with van der Waals surface area (Å²) in [5, 5.41) is 9.06. The highest BCUT2D eigenvalue weighted by atomic mass is 19.4. The highest BCUT2D eigenvalue weighted by Crippen LogP contribution is 2.58. The highest BCUT2D eigenvalue weighted by molar-refractivity contribution is 5.81. The van der Waals surface area contributed by atoms with E-state index >= 15 is 0 Å². The van der Waals surface area contributed by atoms with Gasteiger partial charge >= 0.3 is 12.4 Å². The summed E-state index contributed by atoms with van der Waals surface area (Å²) in [5.74, 6) is -1.24. The van der Waals surface area contributed by atoms with Gasteiger partial charge in [0.15, 0.2) is 5.65 Å². The molecule has 1 aliphatic carbocycles. The Hall–Kier alpha value is -3.64. The quantitative estimate of drug-likeness (QED) is 0.441. The van der Waals surface area contributed by atoms with Crippen molar-refractivity contribution in [1.29, 1.82) is 0 Å². The smallest absolute Gasteiger partial charge is 0.419 e. The van der Waals surface area contributed by atoms with Crippen molar-refractivity contribution in [3.63, 3.8) is 0 Å². The number of benzene rings is 1. The fourth-order valence-electron chi connectivity index (χ4n) is 3.77. The van der Waals surface area contributed by atoms with E-state index in [1.165, 1.54) is 31.2 Å². The van der Waals surface area contributed by atoms with Crippen LogP contribution in [0.3, 0.4) is 0 Å². The van der Waals surface area contributed by atoms with Crippen molar-refractivity contribution in [3.05, 3.63) is 58.0 Å². The van der Waals surface area contributed by atoms with Crippen LogP contribution >= 0.6 is 0 Å². The molecule has 1 saturated carbocycles. The third-order valence-electron chi connectivity index (χ3n) is 5.65. The van der Waals surface area contributed by atoms with Gasteiger partial charge in [-0.3, -0.25) is 9.89 Å². The summed E-state index contributed by atoms with van der Waals surface area (Å²) in [6.45, 7) is 1.33. The lowest BCUT2D eigenvalue weighted by atomic mass is 10.1. The molecular weight excluding hydrogens is 456 g/mol. The topological polar surface area (TPSA) is 89.1 Å². The summed E-state index contributed by atoms with van der Waals surface area (Å²) in [4.78, 5) is 17.3. The van der Waals surface area contributed by atoms with E-state index in [1.54, 1.807) is 6.07 Å². The number of H-pyrrole nitrogens is 1. The van der Waals surface area contributed by atoms with Gasteiger partial charge in [-0.05, 0) is 25.3 Å². The molecule has 5 rings (SSSR count). The molecule has 0 aliphatic heterocycles. The zero-order valence-electron chi connectivity index (χ0n) is 16.7. The molecule has 3 heterocycles. The van der Waals surface area contributed by atoms with Gasteiger partial charge < -0.3 is 4.42 Å². The minimum Gasteiger partial charge on any atom is -0.419 e. The maximum Gasteiger partial charge on any atom is 0.433 e. The van der Waals surface area contributed by atoms with E-state index in [2.05, 4.69) is 15.2 Å². The van der Waals surface area contributed by atoms with Crippen LogP contribution in [-0.4, -0.2) is 31.0 Å². The molecule has 1 N–H and O–H groups in total. The lowest BCUT2D eigenvalue weighted by molar-refractivity contribution is -0.165. The molecule has 0 atom stereocenters. The first kappa shape index (κ1) is 21.2. The number of alkyl halides is 6. The van der Waals surface area contributed by atoms with Crippen LogP contribution in [0.5, 0.6) is 0 Å². The number of halogens is 6. The molecule has 1 fully saturated rings. The van der Waals surface area contributed by atoms with Crippen LogP contribution in [-0.2, 0) is 11.6 Å². The molecule has 7 nitrogen and oxygen atoms in total. The molecule has 4 aromatic rings. The molecule has 1 aliphatic rings. The monoisotopic (exact) mass is 469 g/mol. The van der Waals surface area contributed by atoms with Crippen molar-refractivity contribution in [3.8, 4) is 22.6 Å². The Balaban J connectivity index is 1.72. The van der Waals surface area contributed by atoms with Gasteiger partial charge in [-0.15, -0.1) is 10.2 Å². The minimum atomic E-state index is -4.85. The van der Waals surface area contributed by atoms with Crippen LogP contribution < -0.4 is 5.56 Å². The van der Waals surface area contributed by atoms with Gasteiger partial charge in [0.1, 0.15) is 16.7 Å². The second-order valence-corrected chi connectivity index (χ2v) is 7.75. The summed E-state index contributed by atoms with van der Waals surface area (Å²) < 4.78 is 87.1. The first-order chi connectivity index (χ1) is 15.4. The maximum absolute atomic E-state index is 13.8. The average Bonchev–Trinajstić information content (AvgIpc) is 3.26. The van der Waals surface area contributed by atoms with E-state index in [0.717, 1.165) is 0 Å². The standard InChI is InChI=1S/C20H13F6N5O2/c1-9-11(15-28-29-17(33-15)18(7-8-18)20(24,25)26)16(32)31-14(27-9)12(10-5-3-2-4-6-10)13(30-31)19(21,22)23/h2-6,30H,7-8H2,1H3. The molecule has 3 aromatic heterocycles. The number of hydrogen-bond acceptors (Lipinski definition) is 5. The van der Waals surface area contributed by atoms with Crippen LogP contribution in [0.15, 0.2) is 39.5 Å². The molecule has 0 bridgehead atoms. The summed E-state index contributed by atoms with van der Waals surface area (Å²) in [5.41, 5.74) is -5.41. The molecule has 0 spiro atoms. The number of rotatable bonds is 3. The van der Waals surface area contributed by atoms with Crippen molar-refractivity contribution in [2.24, 2.45) is 0 Å². The third-order valence-corrected chi connectivity index (χ3v) is 5.65. The van der Waals surface area contributed by atoms with Crippen LogP contribution in [0, 0.1) is 6.92 Å². The number of aryl methyl sites for hydroxylation is 1. The van der Waals surface area contributed by atoms with Crippen molar-refractivity contribution in [1.82, 2.24) is 24.8 Å². The molecule has 0 radical (unpaired) electrons. The van der Waals surface area contributed by atoms with Gasteiger partial charge in [-0.2, -0.15) is 30.9 Å². The Bertz CT molecular complexity index is 1430. The maximum atomic E-state index is 13.8. The molecular formula is C20H13F6N5O2. The van der Waals surface area contributed by atoms with Crippen molar-refractivity contribution < 1.29 is 30.8 Å². The normalized spacial score (nSPS) is 15.8. The second-order valence-electron chi connectivity index (χ2n) is 7.75. The van der Waals surface area contributed by atoms with E-state index in [0.29, 0.717) is 4.52 Å². The number of aromatic amines is 1. The molecule has 1 aromatic carbocycles. The summed E-state index contributed by atoms with van der Waals surface area (Å²) in [6, 6.07) is 7.56. The molecule has 172 valence electrons. The van der Waals surface area contributed by atoms with Crippen molar-refractivity contribution in [2.75, 3.05) is 0 Å². The number of aromatic nitrogens is 5. The van der Waals surface area contributed by atoms with Crippen LogP contribution in [0.2, 0.25) is 0 Å². The van der Waals surface area contributed by atoms with Gasteiger partial charge in [0.25, 0.3) is 11.4 Å². The van der Waals surface area contributed by atoms with Gasteiger partial charge in [0.05, 0.1) is 11.3 Å². The second kappa shape index (κ2) is 6.68. The predicted molar refractivity (Wildman–Crippen MR) is 101 cm³/mol. The van der Waals surface area contributed by atoms with E-state index in [-0.39, 0.29) is 40.9 Å². The van der Waals surface area contributed by atoms with Crippen molar-refractivity contribution in [2.45, 2.75) is 37.5 Å². The fraction of sp³-hybridized carbons (Fsp3) is 0.300. The van der Waals surface area contributed by atoms with Crippen molar-refractivity contribution >= 4 is 5.65 Å². The van der Waals surface area contributed by atoms with E-state index in [9.17, 15) is 31.1 Å². The zero-order valence-corrected chi connectivity index (χ0v) is 16.7. The van der Waals surface area contributed by atoms with E-state index in [4.69, 9.17) is 4.42 Å². The minimum absolute atomic E-state index is 0.0723. The average molecular weight is 469 g/mol. The fourth-order valence-corrected chi connectivity index (χ4v) is 3.77. The van der Waals surface area contributed by atoms with E-state index in [1.807, 2.05) is 5.10 Å². The number of nitrogens with one attached hydrogen (secondary N) is 1. The summed E-state index contributed by atoms with van der Waals surface area (Å²) >= 11 is 0. The number of fused-ring (bicyclic) bond motifs is 1. The Labute approximate surface area is 180 Å². The number of hydrogen-bond donors (Lipinski definition) is 1. The Morgan fingerprint density at radius 1 is 1.03 bits per heavy atom. The first-order valence-corrected chi connectivity index (χ1v) is 9.63. The van der Waals surface area contributed by atoms with Gasteiger partial charge in [-0.1, -0.05) is 30.3 Å². The Morgan fingerprint density at radius 3 is 2.27 bits per heavy atom. The first-order valence-electron chi connectivity index (χ1n) is 9.63. The van der Waals surface area contributed by atoms with E-state index < -0.39 is 40.8 Å². The molecule has 0 saturated heterocycles. The molecule has 33 heavy (non-hydrogen) atoms. The van der Waals surface area contributed by atoms with Crippen LogP contribution in [0.4, 0.5) is 26.3 Å². The molecule has 0 amide bonds. The zero-order chi connectivity index (χ0) is 23.8. The largest absolute Gasteiger partial charge is 0.433 e. The highest BCUT2D eigenvalue weighted by Gasteiger charge is 2.68. The third kappa shape index (κ3) is 3.13. The van der Waals surface area contributed by atoms with Crippen LogP contribution in [0.1, 0.15) is 30.1 Å². The van der Waals surface area contributed by atoms with Gasteiger partial charge in [0.2, 0.25) is 5.89 Å². The Morgan fingerprint density at radius 2 is 1.70 bits per heavy atom. The summed E-state index contributed by atoms with van der Waals surface area (Å²) in [6.07, 6.45) is -9.93.